The number of nitriles is 1. The topological polar surface area (TPSA) is 197 Å². The molecule has 1 aromatic heterocycles. The van der Waals surface area contributed by atoms with Gasteiger partial charge in [0.15, 0.2) is 5.82 Å². The van der Waals surface area contributed by atoms with Crippen LogP contribution in [0.15, 0.2) is 36.4 Å². The molecule has 3 amide bonds. The van der Waals surface area contributed by atoms with Gasteiger partial charge in [0.05, 0.1) is 18.0 Å². The summed E-state index contributed by atoms with van der Waals surface area (Å²) in [6.45, 7) is 0.703. The van der Waals surface area contributed by atoms with E-state index in [1.807, 2.05) is 24.3 Å². The summed E-state index contributed by atoms with van der Waals surface area (Å²) in [7, 11) is 0. The van der Waals surface area contributed by atoms with E-state index in [0.717, 1.165) is 41.5 Å². The van der Waals surface area contributed by atoms with Crippen molar-refractivity contribution < 1.29 is 14.4 Å². The van der Waals surface area contributed by atoms with Gasteiger partial charge in [-0.05, 0) is 102 Å². The van der Waals surface area contributed by atoms with Gasteiger partial charge in [-0.2, -0.15) is 5.26 Å². The number of hydrogen-bond acceptors (Lipinski definition) is 8. The van der Waals surface area contributed by atoms with Crippen LogP contribution in [-0.2, 0) is 23.1 Å². The average molecular weight is 554 g/mol. The molecule has 1 saturated carbocycles. The lowest BCUT2D eigenvalue weighted by molar-refractivity contribution is -0.130. The number of primary amides is 2. The van der Waals surface area contributed by atoms with Crippen molar-refractivity contribution in [2.45, 2.75) is 61.9 Å². The Morgan fingerprint density at radius 3 is 2.20 bits per heavy atom. The number of aryl methyl sites for hydroxylation is 2. The summed E-state index contributed by atoms with van der Waals surface area (Å²) in [6, 6.07) is 12.8. The molecule has 3 aromatic rings. The lowest BCUT2D eigenvalue weighted by atomic mass is 9.67. The quantitative estimate of drug-likeness (QED) is 0.315. The summed E-state index contributed by atoms with van der Waals surface area (Å²) < 4.78 is 0. The van der Waals surface area contributed by atoms with Crippen LogP contribution in [0.2, 0.25) is 0 Å². The SMILES string of the molecule is N#C[C@@H]1CCCN1C(=O)CNC1(CC2(c3nnn[nH]3)c3ccc(C(N)=O)cc3CCc3cc(C(N)=O)ccc32)CC1. The minimum absolute atomic E-state index is 0.0884. The molecule has 2 heterocycles. The number of rotatable bonds is 8. The molecule has 1 saturated heterocycles. The second kappa shape index (κ2) is 10.1. The van der Waals surface area contributed by atoms with Crippen LogP contribution in [0.5, 0.6) is 0 Å². The van der Waals surface area contributed by atoms with Gasteiger partial charge in [-0.1, -0.05) is 12.1 Å². The van der Waals surface area contributed by atoms with Gasteiger partial charge >= 0.3 is 0 Å². The Kier molecular flexibility index (Phi) is 6.54. The second-order valence-electron chi connectivity index (χ2n) is 11.3. The molecule has 3 aliphatic rings. The maximum Gasteiger partial charge on any atom is 0.248 e. The molecular formula is C29H31N9O3. The van der Waals surface area contributed by atoms with E-state index in [4.69, 9.17) is 11.5 Å². The van der Waals surface area contributed by atoms with Crippen LogP contribution < -0.4 is 16.8 Å². The fraction of sp³-hybridized carbons (Fsp3) is 0.414. The lowest BCUT2D eigenvalue weighted by Crippen LogP contribution is -2.47. The molecule has 12 nitrogen and oxygen atoms in total. The molecule has 2 fully saturated rings. The van der Waals surface area contributed by atoms with Gasteiger partial charge in [0.1, 0.15) is 6.04 Å². The summed E-state index contributed by atoms with van der Waals surface area (Å²) in [5.74, 6) is -0.610. The number of nitrogens with zero attached hydrogens (tertiary/aromatic N) is 5. The largest absolute Gasteiger partial charge is 0.366 e. The van der Waals surface area contributed by atoms with E-state index in [-0.39, 0.29) is 18.5 Å². The number of carbonyl (C=O) groups is 3. The molecular weight excluding hydrogens is 522 g/mol. The molecule has 0 unspecified atom stereocenters. The monoisotopic (exact) mass is 553 g/mol. The second-order valence-corrected chi connectivity index (χ2v) is 11.3. The third-order valence-corrected chi connectivity index (χ3v) is 8.91. The van der Waals surface area contributed by atoms with Gasteiger partial charge in [-0.3, -0.25) is 14.4 Å². The van der Waals surface area contributed by atoms with Crippen molar-refractivity contribution in [2.24, 2.45) is 11.5 Å². The first-order valence-electron chi connectivity index (χ1n) is 13.8. The molecule has 2 aliphatic carbocycles. The number of amides is 3. The number of benzene rings is 2. The number of aromatic nitrogens is 4. The van der Waals surface area contributed by atoms with Crippen LogP contribution in [-0.4, -0.2) is 67.9 Å². The normalized spacial score (nSPS) is 19.9. The van der Waals surface area contributed by atoms with Gasteiger partial charge in [-0.25, -0.2) is 5.10 Å². The molecule has 6 N–H and O–H groups in total. The number of tetrazole rings is 1. The molecule has 0 bridgehead atoms. The number of hydrogen-bond donors (Lipinski definition) is 4. The van der Waals surface area contributed by atoms with Crippen molar-refractivity contribution >= 4 is 17.7 Å². The summed E-state index contributed by atoms with van der Waals surface area (Å²) in [4.78, 5) is 39.0. The first-order chi connectivity index (χ1) is 19.8. The van der Waals surface area contributed by atoms with E-state index in [0.29, 0.717) is 49.2 Å². The van der Waals surface area contributed by atoms with E-state index in [1.54, 1.807) is 17.0 Å². The van der Waals surface area contributed by atoms with Crippen molar-refractivity contribution in [3.8, 4) is 6.07 Å². The average Bonchev–Trinajstić information content (AvgIpc) is 3.33. The van der Waals surface area contributed by atoms with Crippen molar-refractivity contribution in [3.63, 3.8) is 0 Å². The molecule has 210 valence electrons. The molecule has 2 aromatic carbocycles. The summed E-state index contributed by atoms with van der Waals surface area (Å²) in [6.07, 6.45) is 4.88. The first kappa shape index (κ1) is 26.6. The van der Waals surface area contributed by atoms with Crippen molar-refractivity contribution in [1.29, 1.82) is 5.26 Å². The lowest BCUT2D eigenvalue weighted by Gasteiger charge is -2.38. The van der Waals surface area contributed by atoms with Gasteiger partial charge in [0, 0.05) is 23.2 Å². The number of likely N-dealkylation sites (tertiary alicyclic amines) is 1. The Balaban J connectivity index is 1.45. The standard InChI is InChI=1S/C29H31N9O3/c30-14-21-2-1-11-38(21)24(39)15-33-28(9-10-28)16-29(27-34-36-37-35-27)22-7-5-19(25(31)40)12-17(22)3-4-18-13-20(26(32)41)6-8-23(18)29/h5-8,12-13,21,33H,1-4,9-11,15-16H2,(H2,31,40)(H2,32,41)(H,34,35,36,37)/t21-/m0/s1. The van der Waals surface area contributed by atoms with Crippen molar-refractivity contribution in [1.82, 2.24) is 30.8 Å². The minimum Gasteiger partial charge on any atom is -0.366 e. The highest BCUT2D eigenvalue weighted by Crippen LogP contribution is 2.53. The highest BCUT2D eigenvalue weighted by molar-refractivity contribution is 5.94. The molecule has 1 aliphatic heterocycles. The van der Waals surface area contributed by atoms with Gasteiger partial charge in [0.25, 0.3) is 0 Å². The number of nitrogens with one attached hydrogen (secondary N) is 2. The van der Waals surface area contributed by atoms with Crippen molar-refractivity contribution in [3.05, 3.63) is 75.6 Å². The number of H-pyrrole nitrogens is 1. The number of aromatic amines is 1. The van der Waals surface area contributed by atoms with Gasteiger partial charge in [0.2, 0.25) is 17.7 Å². The Hall–Kier alpha value is -4.63. The van der Waals surface area contributed by atoms with Gasteiger partial charge in [-0.15, -0.1) is 5.10 Å². The molecule has 41 heavy (non-hydrogen) atoms. The van der Waals surface area contributed by atoms with Crippen LogP contribution in [0.1, 0.15) is 80.9 Å². The predicted octanol–water partition coefficient (Wildman–Crippen LogP) is 0.857. The van der Waals surface area contributed by atoms with E-state index in [1.165, 1.54) is 0 Å². The Morgan fingerprint density at radius 1 is 1.05 bits per heavy atom. The summed E-state index contributed by atoms with van der Waals surface area (Å²) >= 11 is 0. The third kappa shape index (κ3) is 4.62. The maximum atomic E-state index is 13.1. The molecule has 1 atom stereocenters. The predicted molar refractivity (Wildman–Crippen MR) is 146 cm³/mol. The smallest absolute Gasteiger partial charge is 0.248 e. The molecule has 0 radical (unpaired) electrons. The summed E-state index contributed by atoms with van der Waals surface area (Å²) in [5.41, 5.74) is 14.5. The van der Waals surface area contributed by atoms with Crippen LogP contribution >= 0.6 is 0 Å². The zero-order valence-corrected chi connectivity index (χ0v) is 22.5. The fourth-order valence-corrected chi connectivity index (χ4v) is 6.66. The van der Waals surface area contributed by atoms with E-state index >= 15 is 0 Å². The van der Waals surface area contributed by atoms with Crippen LogP contribution in [0.4, 0.5) is 0 Å². The Morgan fingerprint density at radius 2 is 1.68 bits per heavy atom. The van der Waals surface area contributed by atoms with Crippen LogP contribution in [0.3, 0.4) is 0 Å². The van der Waals surface area contributed by atoms with E-state index in [2.05, 4.69) is 32.0 Å². The minimum atomic E-state index is -0.896. The Labute approximate surface area is 236 Å². The fourth-order valence-electron chi connectivity index (χ4n) is 6.66. The molecule has 6 rings (SSSR count). The van der Waals surface area contributed by atoms with Crippen molar-refractivity contribution in [2.75, 3.05) is 13.1 Å². The summed E-state index contributed by atoms with van der Waals surface area (Å²) in [5, 5.41) is 28.3. The van der Waals surface area contributed by atoms with E-state index < -0.39 is 22.8 Å². The molecule has 0 spiro atoms. The zero-order chi connectivity index (χ0) is 28.8. The van der Waals surface area contributed by atoms with Crippen LogP contribution in [0, 0.1) is 11.3 Å². The highest BCUT2D eigenvalue weighted by atomic mass is 16.2. The molecule has 12 heteroatoms. The first-order valence-corrected chi connectivity index (χ1v) is 13.8. The zero-order valence-electron chi connectivity index (χ0n) is 22.5. The maximum absolute atomic E-state index is 13.1. The highest BCUT2D eigenvalue weighted by Gasteiger charge is 2.54. The van der Waals surface area contributed by atoms with Crippen LogP contribution in [0.25, 0.3) is 0 Å². The Bertz CT molecular complexity index is 1510. The third-order valence-electron chi connectivity index (χ3n) is 8.91. The number of fused-ring (bicyclic) bond motifs is 2. The number of nitrogens with two attached hydrogens (primary N) is 2. The van der Waals surface area contributed by atoms with Gasteiger partial charge < -0.3 is 21.7 Å². The number of carbonyl (C=O) groups excluding carboxylic acids is 3. The van der Waals surface area contributed by atoms with E-state index in [9.17, 15) is 19.6 Å².